The number of benzene rings is 2. The minimum absolute atomic E-state index is 0.0522. The summed E-state index contributed by atoms with van der Waals surface area (Å²) >= 11 is 0. The van der Waals surface area contributed by atoms with Crippen molar-refractivity contribution in [1.29, 1.82) is 5.26 Å². The van der Waals surface area contributed by atoms with Gasteiger partial charge < -0.3 is 5.32 Å². The van der Waals surface area contributed by atoms with Gasteiger partial charge in [-0.05, 0) is 66.9 Å². The van der Waals surface area contributed by atoms with Crippen molar-refractivity contribution in [1.82, 2.24) is 4.98 Å². The highest BCUT2D eigenvalue weighted by Gasteiger charge is 2.15. The molecule has 0 bridgehead atoms. The van der Waals surface area contributed by atoms with E-state index < -0.39 is 10.0 Å². The van der Waals surface area contributed by atoms with Gasteiger partial charge in [-0.2, -0.15) is 5.26 Å². The molecule has 2 aromatic carbocycles. The molecule has 0 fully saturated rings. The molecule has 0 aliphatic rings. The van der Waals surface area contributed by atoms with Crippen molar-refractivity contribution in [2.24, 2.45) is 0 Å². The summed E-state index contributed by atoms with van der Waals surface area (Å²) in [5.74, 6) is -0.594. The normalized spacial score (nSPS) is 10.8. The maximum Gasteiger partial charge on any atom is 0.255 e. The van der Waals surface area contributed by atoms with E-state index in [0.29, 0.717) is 16.8 Å². The number of anilines is 2. The summed E-state index contributed by atoms with van der Waals surface area (Å²) < 4.78 is 27.3. The number of nitriles is 1. The van der Waals surface area contributed by atoms with Crippen LogP contribution in [-0.4, -0.2) is 19.3 Å². The molecule has 1 aromatic heterocycles. The third kappa shape index (κ3) is 5.43. The smallest absolute Gasteiger partial charge is 0.255 e. The van der Waals surface area contributed by atoms with E-state index in [2.05, 4.69) is 15.0 Å². The van der Waals surface area contributed by atoms with Crippen molar-refractivity contribution in [3.8, 4) is 6.07 Å². The van der Waals surface area contributed by atoms with E-state index >= 15 is 0 Å². The third-order valence-electron chi connectivity index (χ3n) is 4.49. The fourth-order valence-corrected chi connectivity index (χ4v) is 3.87. The molecule has 1 amide bonds. The van der Waals surface area contributed by atoms with Gasteiger partial charge in [-0.25, -0.2) is 13.4 Å². The number of amides is 1. The predicted octanol–water partition coefficient (Wildman–Crippen LogP) is 3.76. The zero-order valence-corrected chi connectivity index (χ0v) is 17.3. The Bertz CT molecular complexity index is 1230. The summed E-state index contributed by atoms with van der Waals surface area (Å²) in [5.41, 5.74) is 4.09. The van der Waals surface area contributed by atoms with Crippen LogP contribution in [0.3, 0.4) is 0 Å². The van der Waals surface area contributed by atoms with E-state index in [9.17, 15) is 13.2 Å². The second kappa shape index (κ2) is 8.76. The number of nitrogens with one attached hydrogen (secondary N) is 2. The minimum atomic E-state index is -3.75. The first-order chi connectivity index (χ1) is 14.3. The molecule has 8 heteroatoms. The molecule has 0 spiro atoms. The number of aryl methyl sites for hydroxylation is 2. The number of nitrogens with zero attached hydrogens (tertiary/aromatic N) is 2. The van der Waals surface area contributed by atoms with Crippen LogP contribution in [0.25, 0.3) is 0 Å². The Morgan fingerprint density at radius 2 is 1.77 bits per heavy atom. The lowest BCUT2D eigenvalue weighted by atomic mass is 10.1. The summed E-state index contributed by atoms with van der Waals surface area (Å²) in [7, 11) is -3.75. The van der Waals surface area contributed by atoms with Crippen molar-refractivity contribution < 1.29 is 13.2 Å². The number of sulfonamides is 1. The lowest BCUT2D eigenvalue weighted by Gasteiger charge is -2.10. The Morgan fingerprint density at radius 3 is 2.43 bits per heavy atom. The van der Waals surface area contributed by atoms with Crippen LogP contribution in [0.5, 0.6) is 0 Å². The van der Waals surface area contributed by atoms with E-state index in [-0.39, 0.29) is 23.0 Å². The Balaban J connectivity index is 1.71. The quantitative estimate of drug-likeness (QED) is 0.630. The van der Waals surface area contributed by atoms with Gasteiger partial charge in [0, 0.05) is 17.4 Å². The van der Waals surface area contributed by atoms with Gasteiger partial charge in [0.25, 0.3) is 5.91 Å². The Hall–Kier alpha value is -3.70. The molecular formula is C22H20N4O3S. The third-order valence-corrected chi connectivity index (χ3v) is 5.72. The average molecular weight is 420 g/mol. The first-order valence-electron chi connectivity index (χ1n) is 9.10. The van der Waals surface area contributed by atoms with Crippen molar-refractivity contribution in [3.05, 3.63) is 88.6 Å². The maximum absolute atomic E-state index is 12.5. The first kappa shape index (κ1) is 21.0. The second-order valence-electron chi connectivity index (χ2n) is 6.85. The standard InChI is InChI=1S/C22H20N4O3S/c1-15-3-8-20(11-16(15)2)25-22(27)19-9-10-24-21(12-19)26-30(28,29)14-18-6-4-17(13-23)5-7-18/h3-12H,14H2,1-2H3,(H,24,26)(H,25,27). The van der Waals surface area contributed by atoms with E-state index in [1.165, 1.54) is 18.3 Å². The van der Waals surface area contributed by atoms with Gasteiger partial charge in [-0.15, -0.1) is 0 Å². The molecule has 0 aliphatic heterocycles. The van der Waals surface area contributed by atoms with Crippen molar-refractivity contribution in [2.75, 3.05) is 10.0 Å². The maximum atomic E-state index is 12.5. The first-order valence-corrected chi connectivity index (χ1v) is 10.8. The summed E-state index contributed by atoms with van der Waals surface area (Å²) in [5, 5.41) is 11.6. The van der Waals surface area contributed by atoms with Crippen molar-refractivity contribution >= 4 is 27.4 Å². The van der Waals surface area contributed by atoms with Gasteiger partial charge in [-0.1, -0.05) is 18.2 Å². The molecule has 0 saturated heterocycles. The topological polar surface area (TPSA) is 112 Å². The highest BCUT2D eigenvalue weighted by molar-refractivity contribution is 7.91. The fraction of sp³-hybridized carbons (Fsp3) is 0.136. The average Bonchev–Trinajstić information content (AvgIpc) is 2.71. The molecule has 3 rings (SSSR count). The van der Waals surface area contributed by atoms with Crippen LogP contribution in [0, 0.1) is 25.2 Å². The molecule has 0 radical (unpaired) electrons. The zero-order chi connectivity index (χ0) is 21.7. The number of pyridine rings is 1. The number of rotatable bonds is 6. The van der Waals surface area contributed by atoms with Crippen LogP contribution in [0.1, 0.15) is 32.6 Å². The Labute approximate surface area is 175 Å². The van der Waals surface area contributed by atoms with E-state index in [4.69, 9.17) is 5.26 Å². The number of carbonyl (C=O) groups is 1. The number of aromatic nitrogens is 1. The monoisotopic (exact) mass is 420 g/mol. The summed E-state index contributed by atoms with van der Waals surface area (Å²) in [6.07, 6.45) is 1.37. The SMILES string of the molecule is Cc1ccc(NC(=O)c2ccnc(NS(=O)(=O)Cc3ccc(C#N)cc3)c2)cc1C. The largest absolute Gasteiger partial charge is 0.322 e. The fourth-order valence-electron chi connectivity index (χ4n) is 2.74. The Morgan fingerprint density at radius 1 is 1.03 bits per heavy atom. The molecule has 7 nitrogen and oxygen atoms in total. The van der Waals surface area contributed by atoms with Crippen molar-refractivity contribution in [2.45, 2.75) is 19.6 Å². The van der Waals surface area contributed by atoms with E-state index in [0.717, 1.165) is 11.1 Å². The highest BCUT2D eigenvalue weighted by atomic mass is 32.2. The molecule has 1 heterocycles. The number of hydrogen-bond donors (Lipinski definition) is 2. The predicted molar refractivity (Wildman–Crippen MR) is 116 cm³/mol. The molecule has 0 aliphatic carbocycles. The van der Waals surface area contributed by atoms with Gasteiger partial charge >= 0.3 is 0 Å². The summed E-state index contributed by atoms with van der Waals surface area (Å²) in [4.78, 5) is 16.5. The summed E-state index contributed by atoms with van der Waals surface area (Å²) in [6.45, 7) is 3.94. The molecule has 2 N–H and O–H groups in total. The van der Waals surface area contributed by atoms with Gasteiger partial charge in [0.2, 0.25) is 10.0 Å². The van der Waals surface area contributed by atoms with Gasteiger partial charge in [0.15, 0.2) is 0 Å². The van der Waals surface area contributed by atoms with Crippen LogP contribution in [0.15, 0.2) is 60.8 Å². The molecule has 0 atom stereocenters. The highest BCUT2D eigenvalue weighted by Crippen LogP contribution is 2.17. The molecular weight excluding hydrogens is 400 g/mol. The van der Waals surface area contributed by atoms with E-state index in [1.807, 2.05) is 38.1 Å². The minimum Gasteiger partial charge on any atom is -0.322 e. The van der Waals surface area contributed by atoms with Gasteiger partial charge in [-0.3, -0.25) is 9.52 Å². The van der Waals surface area contributed by atoms with Crippen LogP contribution < -0.4 is 10.0 Å². The lowest BCUT2D eigenvalue weighted by Crippen LogP contribution is -2.17. The van der Waals surface area contributed by atoms with Gasteiger partial charge in [0.05, 0.1) is 17.4 Å². The number of carbonyl (C=O) groups excluding carboxylic acids is 1. The van der Waals surface area contributed by atoms with E-state index in [1.54, 1.807) is 24.3 Å². The van der Waals surface area contributed by atoms with Crippen LogP contribution >= 0.6 is 0 Å². The Kier molecular flexibility index (Phi) is 6.14. The van der Waals surface area contributed by atoms with Crippen LogP contribution in [-0.2, 0) is 15.8 Å². The molecule has 3 aromatic rings. The number of hydrogen-bond acceptors (Lipinski definition) is 5. The molecule has 0 unspecified atom stereocenters. The summed E-state index contributed by atoms with van der Waals surface area (Å²) in [6, 6.07) is 16.7. The molecule has 30 heavy (non-hydrogen) atoms. The van der Waals surface area contributed by atoms with Crippen LogP contribution in [0.2, 0.25) is 0 Å². The van der Waals surface area contributed by atoms with Gasteiger partial charge in [0.1, 0.15) is 5.82 Å². The van der Waals surface area contributed by atoms with Crippen LogP contribution in [0.4, 0.5) is 11.5 Å². The second-order valence-corrected chi connectivity index (χ2v) is 8.58. The molecule has 0 saturated carbocycles. The zero-order valence-electron chi connectivity index (χ0n) is 16.5. The van der Waals surface area contributed by atoms with Crippen molar-refractivity contribution in [3.63, 3.8) is 0 Å². The molecule has 152 valence electrons. The lowest BCUT2D eigenvalue weighted by molar-refractivity contribution is 0.102.